The average molecular weight is 521 g/mol. The molecule has 1 aliphatic carbocycles. The Labute approximate surface area is 219 Å². The molecule has 0 bridgehead atoms. The normalized spacial score (nSPS) is 21.4. The van der Waals surface area contributed by atoms with E-state index in [9.17, 15) is 15.0 Å². The molecule has 4 N–H and O–H groups in total. The van der Waals surface area contributed by atoms with Crippen LogP contribution >= 0.6 is 11.6 Å². The first-order valence-electron chi connectivity index (χ1n) is 12.4. The second kappa shape index (κ2) is 10.8. The summed E-state index contributed by atoms with van der Waals surface area (Å²) < 4.78 is 1.70. The van der Waals surface area contributed by atoms with Crippen molar-refractivity contribution >= 4 is 34.5 Å². The van der Waals surface area contributed by atoms with Gasteiger partial charge in [0.25, 0.3) is 0 Å². The van der Waals surface area contributed by atoms with E-state index in [2.05, 4.69) is 25.6 Å². The van der Waals surface area contributed by atoms with Crippen LogP contribution in [0.15, 0.2) is 67.0 Å². The Morgan fingerprint density at radius 2 is 1.70 bits per heavy atom. The van der Waals surface area contributed by atoms with Crippen LogP contribution in [0, 0.1) is 0 Å². The Morgan fingerprint density at radius 3 is 2.32 bits per heavy atom. The van der Waals surface area contributed by atoms with Gasteiger partial charge >= 0.3 is 0 Å². The van der Waals surface area contributed by atoms with E-state index in [1.54, 1.807) is 10.9 Å². The number of amides is 1. The van der Waals surface area contributed by atoms with Crippen LogP contribution in [0.2, 0.25) is 5.28 Å². The summed E-state index contributed by atoms with van der Waals surface area (Å²) in [7, 11) is 0. The number of nitrogens with zero attached hydrogens (tertiary/aromatic N) is 4. The van der Waals surface area contributed by atoms with E-state index in [4.69, 9.17) is 11.6 Å². The van der Waals surface area contributed by atoms with Crippen molar-refractivity contribution in [1.82, 2.24) is 24.8 Å². The van der Waals surface area contributed by atoms with E-state index in [1.807, 2.05) is 67.6 Å². The highest BCUT2D eigenvalue weighted by Gasteiger charge is 2.43. The number of hydrogen-bond acceptors (Lipinski definition) is 7. The maximum absolute atomic E-state index is 12.1. The second-order valence-corrected chi connectivity index (χ2v) is 9.61. The molecule has 0 unspecified atom stereocenters. The van der Waals surface area contributed by atoms with Gasteiger partial charge in [-0.05, 0) is 35.6 Å². The minimum Gasteiger partial charge on any atom is -0.388 e. The van der Waals surface area contributed by atoms with Gasteiger partial charge in [-0.15, -0.1) is 0 Å². The number of imidazole rings is 1. The molecule has 2 heterocycles. The maximum Gasteiger partial charge on any atom is 0.226 e. The van der Waals surface area contributed by atoms with Crippen molar-refractivity contribution in [3.63, 3.8) is 0 Å². The molecule has 1 amide bonds. The number of aromatic nitrogens is 4. The van der Waals surface area contributed by atoms with Crippen molar-refractivity contribution in [2.24, 2.45) is 0 Å². The highest BCUT2D eigenvalue weighted by Crippen LogP contribution is 2.35. The molecule has 0 spiro atoms. The lowest BCUT2D eigenvalue weighted by Crippen LogP contribution is -2.42. The minimum absolute atomic E-state index is 0.0254. The van der Waals surface area contributed by atoms with E-state index in [0.717, 1.165) is 11.1 Å². The van der Waals surface area contributed by atoms with Gasteiger partial charge in [0.05, 0.1) is 24.5 Å². The Kier molecular flexibility index (Phi) is 7.36. The zero-order valence-electron chi connectivity index (χ0n) is 20.3. The number of nitrogens with one attached hydrogen (secondary N) is 2. The average Bonchev–Trinajstić information content (AvgIpc) is 3.44. The summed E-state index contributed by atoms with van der Waals surface area (Å²) in [5, 5.41) is 27.8. The Hall–Kier alpha value is -3.53. The SMILES string of the molecule is CCCC(=O)N[C@H]1C[C@@H](n2cnc3c(NC(c4ccccc4)c4ccccc4)nc(Cl)nc32)[C@H](O)[C@@H]1O. The molecule has 1 fully saturated rings. The number of carbonyl (C=O) groups is 1. The number of anilines is 1. The molecule has 4 atom stereocenters. The van der Waals surface area contributed by atoms with Gasteiger partial charge < -0.3 is 25.4 Å². The fraction of sp³-hybridized carbons (Fsp3) is 0.333. The first-order valence-corrected chi connectivity index (χ1v) is 12.8. The molecule has 1 aliphatic rings. The van der Waals surface area contributed by atoms with Crippen LogP contribution in [0.4, 0.5) is 5.82 Å². The van der Waals surface area contributed by atoms with E-state index >= 15 is 0 Å². The van der Waals surface area contributed by atoms with Crippen LogP contribution in [0.1, 0.15) is 49.4 Å². The monoisotopic (exact) mass is 520 g/mol. The summed E-state index contributed by atoms with van der Waals surface area (Å²) in [6.45, 7) is 1.91. The Morgan fingerprint density at radius 1 is 1.05 bits per heavy atom. The zero-order chi connectivity index (χ0) is 25.9. The van der Waals surface area contributed by atoms with Gasteiger partial charge in [0.15, 0.2) is 17.0 Å². The van der Waals surface area contributed by atoms with Crippen molar-refractivity contribution in [2.45, 2.75) is 56.5 Å². The molecule has 0 radical (unpaired) electrons. The molecule has 0 saturated heterocycles. The van der Waals surface area contributed by atoms with Gasteiger partial charge in [-0.1, -0.05) is 67.6 Å². The number of aliphatic hydroxyl groups excluding tert-OH is 2. The number of benzene rings is 2. The topological polar surface area (TPSA) is 125 Å². The summed E-state index contributed by atoms with van der Waals surface area (Å²) in [6, 6.07) is 18.6. The van der Waals surface area contributed by atoms with E-state index < -0.39 is 24.3 Å². The van der Waals surface area contributed by atoms with E-state index in [1.165, 1.54) is 0 Å². The summed E-state index contributed by atoms with van der Waals surface area (Å²) >= 11 is 6.36. The minimum atomic E-state index is -1.11. The van der Waals surface area contributed by atoms with Crippen LogP contribution in [-0.2, 0) is 4.79 Å². The number of hydrogen-bond donors (Lipinski definition) is 4. The second-order valence-electron chi connectivity index (χ2n) is 9.27. The number of carbonyl (C=O) groups excluding carboxylic acids is 1. The fourth-order valence-electron chi connectivity index (χ4n) is 4.95. The van der Waals surface area contributed by atoms with Crippen LogP contribution in [-0.4, -0.2) is 53.9 Å². The van der Waals surface area contributed by atoms with E-state index in [-0.39, 0.29) is 17.2 Å². The lowest BCUT2D eigenvalue weighted by molar-refractivity contribution is -0.122. The van der Waals surface area contributed by atoms with Crippen LogP contribution < -0.4 is 10.6 Å². The Balaban J connectivity index is 1.49. The van der Waals surface area contributed by atoms with Crippen LogP contribution in [0.5, 0.6) is 0 Å². The van der Waals surface area contributed by atoms with Crippen molar-refractivity contribution in [1.29, 1.82) is 0 Å². The van der Waals surface area contributed by atoms with E-state index in [0.29, 0.717) is 36.2 Å². The summed E-state index contributed by atoms with van der Waals surface area (Å²) in [4.78, 5) is 25.5. The molecule has 37 heavy (non-hydrogen) atoms. The standard InChI is InChI=1S/C27H29ClN6O3/c1-2-9-20(35)30-18-14-19(24(37)23(18)36)34-15-29-22-25(32-27(28)33-26(22)34)31-21(16-10-5-3-6-11-16)17-12-7-4-8-13-17/h3-8,10-13,15,18-19,21,23-24,36-37H,2,9,14H2,1H3,(H,30,35)(H,31,32,33)/t18-,19+,23+,24-/m0/s1. The number of fused-ring (bicyclic) bond motifs is 1. The number of halogens is 1. The number of rotatable bonds is 8. The molecule has 192 valence electrons. The predicted octanol–water partition coefficient (Wildman–Crippen LogP) is 3.63. The third-order valence-corrected chi connectivity index (χ3v) is 6.94. The van der Waals surface area contributed by atoms with Crippen molar-refractivity contribution in [3.8, 4) is 0 Å². The predicted molar refractivity (Wildman–Crippen MR) is 141 cm³/mol. The van der Waals surface area contributed by atoms with Gasteiger partial charge in [0, 0.05) is 6.42 Å². The van der Waals surface area contributed by atoms with Gasteiger partial charge in [-0.2, -0.15) is 9.97 Å². The quantitative estimate of drug-likeness (QED) is 0.261. The summed E-state index contributed by atoms with van der Waals surface area (Å²) in [6.07, 6.45) is 0.724. The van der Waals surface area contributed by atoms with Gasteiger partial charge in [-0.3, -0.25) is 4.79 Å². The van der Waals surface area contributed by atoms with Gasteiger partial charge in [-0.25, -0.2) is 4.98 Å². The molecule has 9 nitrogen and oxygen atoms in total. The molecule has 5 rings (SSSR count). The first kappa shape index (κ1) is 25.1. The highest BCUT2D eigenvalue weighted by atomic mass is 35.5. The fourth-order valence-corrected chi connectivity index (χ4v) is 5.12. The molecule has 10 heteroatoms. The molecule has 1 saturated carbocycles. The van der Waals surface area contributed by atoms with Gasteiger partial charge in [0.1, 0.15) is 12.2 Å². The molecule has 4 aromatic rings. The molecular formula is C27H29ClN6O3. The largest absolute Gasteiger partial charge is 0.388 e. The number of aliphatic hydroxyl groups is 2. The van der Waals surface area contributed by atoms with Crippen molar-refractivity contribution in [3.05, 3.63) is 83.4 Å². The summed E-state index contributed by atoms with van der Waals surface area (Å²) in [5.74, 6) is 0.298. The third-order valence-electron chi connectivity index (χ3n) is 6.77. The highest BCUT2D eigenvalue weighted by molar-refractivity contribution is 6.28. The zero-order valence-corrected chi connectivity index (χ0v) is 21.1. The molecule has 2 aromatic heterocycles. The molecule has 0 aliphatic heterocycles. The lowest BCUT2D eigenvalue weighted by atomic mass is 9.99. The summed E-state index contributed by atoms with van der Waals surface area (Å²) in [5.41, 5.74) is 2.99. The first-order chi connectivity index (χ1) is 18.0. The Bertz CT molecular complexity index is 1330. The van der Waals surface area contributed by atoms with Crippen LogP contribution in [0.25, 0.3) is 11.2 Å². The van der Waals surface area contributed by atoms with Gasteiger partial charge in [0.2, 0.25) is 11.2 Å². The molecule has 2 aromatic carbocycles. The van der Waals surface area contributed by atoms with Crippen molar-refractivity contribution < 1.29 is 15.0 Å². The lowest BCUT2D eigenvalue weighted by Gasteiger charge is -2.21. The van der Waals surface area contributed by atoms with Crippen molar-refractivity contribution in [2.75, 3.05) is 5.32 Å². The molecular weight excluding hydrogens is 492 g/mol. The third kappa shape index (κ3) is 5.16. The smallest absolute Gasteiger partial charge is 0.226 e. The maximum atomic E-state index is 12.1. The van der Waals surface area contributed by atoms with Crippen LogP contribution in [0.3, 0.4) is 0 Å².